The van der Waals surface area contributed by atoms with Crippen molar-refractivity contribution >= 4 is 22.8 Å². The fourth-order valence-electron chi connectivity index (χ4n) is 2.38. The van der Waals surface area contributed by atoms with Crippen molar-refractivity contribution < 1.29 is 19.1 Å². The van der Waals surface area contributed by atoms with Gasteiger partial charge in [0.25, 0.3) is 0 Å². The van der Waals surface area contributed by atoms with Crippen LogP contribution in [0.15, 0.2) is 42.5 Å². The Bertz CT molecular complexity index is 916. The molecule has 1 aromatic heterocycles. The number of carboxylic acid groups (broad SMARTS) is 1. The van der Waals surface area contributed by atoms with Gasteiger partial charge in [0.05, 0.1) is 12.1 Å². The van der Waals surface area contributed by atoms with Crippen molar-refractivity contribution in [3.63, 3.8) is 0 Å². The van der Waals surface area contributed by atoms with Crippen LogP contribution in [0.4, 0.5) is 4.39 Å². The lowest BCUT2D eigenvalue weighted by atomic mass is 10.1. The van der Waals surface area contributed by atoms with Gasteiger partial charge in [-0.2, -0.15) is 5.10 Å². The van der Waals surface area contributed by atoms with Crippen molar-refractivity contribution in [3.8, 4) is 0 Å². The van der Waals surface area contributed by atoms with E-state index < -0.39 is 17.7 Å². The number of aromatic nitrogens is 2. The molecule has 0 bridgehead atoms. The molecule has 3 rings (SSSR count). The Labute approximate surface area is 129 Å². The first-order valence-electron chi connectivity index (χ1n) is 6.74. The summed E-state index contributed by atoms with van der Waals surface area (Å²) in [7, 11) is 0. The molecule has 0 saturated heterocycles. The Morgan fingerprint density at radius 2 is 1.87 bits per heavy atom. The van der Waals surface area contributed by atoms with Crippen LogP contribution in [0.25, 0.3) is 10.9 Å². The van der Waals surface area contributed by atoms with Gasteiger partial charge in [0, 0.05) is 10.9 Å². The van der Waals surface area contributed by atoms with Crippen molar-refractivity contribution in [2.75, 3.05) is 0 Å². The molecule has 0 spiro atoms. The smallest absolute Gasteiger partial charge is 0.357 e. The lowest BCUT2D eigenvalue weighted by Gasteiger charge is -2.04. The van der Waals surface area contributed by atoms with Gasteiger partial charge in [0.2, 0.25) is 5.91 Å². The van der Waals surface area contributed by atoms with Gasteiger partial charge in [0.15, 0.2) is 5.69 Å². The van der Waals surface area contributed by atoms with E-state index in [-0.39, 0.29) is 17.6 Å². The normalized spacial score (nSPS) is 10.8. The molecule has 3 N–H and O–H groups in total. The maximum absolute atomic E-state index is 13.4. The summed E-state index contributed by atoms with van der Waals surface area (Å²) < 4.78 is 14.8. The van der Waals surface area contributed by atoms with Crippen LogP contribution in [-0.4, -0.2) is 26.8 Å². The molecule has 1 amide bonds. The van der Waals surface area contributed by atoms with Crippen LogP contribution in [0.5, 0.6) is 0 Å². The summed E-state index contributed by atoms with van der Waals surface area (Å²) in [6, 6.07) is 10.5. The molecule has 0 radical (unpaired) electrons. The molecule has 6 nitrogen and oxygen atoms in total. The van der Waals surface area contributed by atoms with Crippen molar-refractivity contribution in [2.24, 2.45) is 5.73 Å². The summed E-state index contributed by atoms with van der Waals surface area (Å²) in [6.45, 7) is 0.286. The van der Waals surface area contributed by atoms with Crippen LogP contribution in [0.3, 0.4) is 0 Å². The van der Waals surface area contributed by atoms with E-state index in [0.717, 1.165) is 11.6 Å². The minimum Gasteiger partial charge on any atom is -0.476 e. The van der Waals surface area contributed by atoms with Gasteiger partial charge in [-0.3, -0.25) is 9.48 Å². The third kappa shape index (κ3) is 2.76. The van der Waals surface area contributed by atoms with E-state index in [1.165, 1.54) is 16.8 Å². The largest absolute Gasteiger partial charge is 0.476 e. The van der Waals surface area contributed by atoms with Crippen molar-refractivity contribution in [1.29, 1.82) is 0 Å². The maximum atomic E-state index is 13.4. The molecule has 0 fully saturated rings. The molecule has 0 aliphatic carbocycles. The molecule has 2 aromatic carbocycles. The highest BCUT2D eigenvalue weighted by molar-refractivity contribution is 6.01. The Morgan fingerprint density at radius 1 is 1.17 bits per heavy atom. The SMILES string of the molecule is NC(=O)c1ccc(Cn2nc(C(=O)O)c3cc(F)ccc32)cc1. The number of aromatic carboxylic acids is 1. The van der Waals surface area contributed by atoms with Crippen molar-refractivity contribution in [1.82, 2.24) is 9.78 Å². The summed E-state index contributed by atoms with van der Waals surface area (Å²) >= 11 is 0. The number of rotatable bonds is 4. The van der Waals surface area contributed by atoms with Gasteiger partial charge in [-0.05, 0) is 35.9 Å². The first-order valence-corrected chi connectivity index (χ1v) is 6.74. The maximum Gasteiger partial charge on any atom is 0.357 e. The molecule has 0 saturated carbocycles. The number of halogens is 1. The molecular formula is C16H12FN3O3. The van der Waals surface area contributed by atoms with Gasteiger partial charge in [-0.25, -0.2) is 9.18 Å². The summed E-state index contributed by atoms with van der Waals surface area (Å²) in [5.41, 5.74) is 6.69. The Kier molecular flexibility index (Phi) is 3.53. The first kappa shape index (κ1) is 14.7. The van der Waals surface area contributed by atoms with Crippen LogP contribution >= 0.6 is 0 Å². The topological polar surface area (TPSA) is 98.2 Å². The number of primary amides is 1. The van der Waals surface area contributed by atoms with Crippen LogP contribution < -0.4 is 5.73 Å². The molecule has 0 atom stereocenters. The van der Waals surface area contributed by atoms with E-state index in [1.54, 1.807) is 24.3 Å². The van der Waals surface area contributed by atoms with Crippen molar-refractivity contribution in [2.45, 2.75) is 6.54 Å². The van der Waals surface area contributed by atoms with E-state index in [9.17, 15) is 19.1 Å². The Morgan fingerprint density at radius 3 is 2.48 bits per heavy atom. The molecule has 116 valence electrons. The monoisotopic (exact) mass is 313 g/mol. The molecule has 23 heavy (non-hydrogen) atoms. The van der Waals surface area contributed by atoms with Crippen LogP contribution in [0.2, 0.25) is 0 Å². The number of amides is 1. The van der Waals surface area contributed by atoms with Gasteiger partial charge < -0.3 is 10.8 Å². The minimum absolute atomic E-state index is 0.201. The average Bonchev–Trinajstić information content (AvgIpc) is 2.86. The number of carbonyl (C=O) groups is 2. The summed E-state index contributed by atoms with van der Waals surface area (Å²) in [5, 5.41) is 13.5. The minimum atomic E-state index is -1.22. The lowest BCUT2D eigenvalue weighted by Crippen LogP contribution is -2.11. The standard InChI is InChI=1S/C16H12FN3O3/c17-11-5-6-13-12(7-11)14(16(22)23)19-20(13)8-9-1-3-10(4-2-9)15(18)21/h1-7H,8H2,(H2,18,21)(H,22,23). The fourth-order valence-corrected chi connectivity index (χ4v) is 2.38. The molecule has 0 unspecified atom stereocenters. The number of nitrogens with zero attached hydrogens (tertiary/aromatic N) is 2. The molecule has 3 aromatic rings. The number of benzene rings is 2. The lowest BCUT2D eigenvalue weighted by molar-refractivity contribution is 0.0691. The van der Waals surface area contributed by atoms with Crippen molar-refractivity contribution in [3.05, 3.63) is 65.1 Å². The van der Waals surface area contributed by atoms with Gasteiger partial charge in [0.1, 0.15) is 5.82 Å². The average molecular weight is 313 g/mol. The summed E-state index contributed by atoms with van der Waals surface area (Å²) in [5.74, 6) is -2.27. The number of carbonyl (C=O) groups excluding carboxylic acids is 1. The van der Waals surface area contributed by atoms with E-state index >= 15 is 0 Å². The number of fused-ring (bicyclic) bond motifs is 1. The zero-order chi connectivity index (χ0) is 16.6. The second kappa shape index (κ2) is 5.53. The molecule has 0 aliphatic heterocycles. The van der Waals surface area contributed by atoms with Gasteiger partial charge in [-0.15, -0.1) is 0 Å². The van der Waals surface area contributed by atoms with E-state index in [0.29, 0.717) is 11.1 Å². The Balaban J connectivity index is 2.03. The van der Waals surface area contributed by atoms with Gasteiger partial charge >= 0.3 is 5.97 Å². The Hall–Kier alpha value is -3.22. The number of hydrogen-bond acceptors (Lipinski definition) is 3. The molecular weight excluding hydrogens is 301 g/mol. The second-order valence-electron chi connectivity index (χ2n) is 5.03. The van der Waals surface area contributed by atoms with E-state index in [2.05, 4.69) is 5.10 Å². The highest BCUT2D eigenvalue weighted by Gasteiger charge is 2.17. The first-order chi connectivity index (χ1) is 11.0. The third-order valence-electron chi connectivity index (χ3n) is 3.49. The third-order valence-corrected chi connectivity index (χ3v) is 3.49. The number of carboxylic acids is 1. The van der Waals surface area contributed by atoms with Crippen LogP contribution in [0.1, 0.15) is 26.4 Å². The predicted molar refractivity (Wildman–Crippen MR) is 80.7 cm³/mol. The molecule has 0 aliphatic rings. The molecule has 7 heteroatoms. The quantitative estimate of drug-likeness (QED) is 0.770. The second-order valence-corrected chi connectivity index (χ2v) is 5.03. The zero-order valence-electron chi connectivity index (χ0n) is 11.9. The van der Waals surface area contributed by atoms with Crippen LogP contribution in [-0.2, 0) is 6.54 Å². The highest BCUT2D eigenvalue weighted by Crippen LogP contribution is 2.21. The number of nitrogens with two attached hydrogens (primary N) is 1. The van der Waals surface area contributed by atoms with E-state index in [1.807, 2.05) is 0 Å². The zero-order valence-corrected chi connectivity index (χ0v) is 11.9. The number of hydrogen-bond donors (Lipinski definition) is 2. The summed E-state index contributed by atoms with van der Waals surface area (Å²) in [6.07, 6.45) is 0. The van der Waals surface area contributed by atoms with E-state index in [4.69, 9.17) is 5.73 Å². The summed E-state index contributed by atoms with van der Waals surface area (Å²) in [4.78, 5) is 22.3. The van der Waals surface area contributed by atoms with Gasteiger partial charge in [-0.1, -0.05) is 12.1 Å². The predicted octanol–water partition coefficient (Wildman–Crippen LogP) is 2.02. The molecule has 1 heterocycles. The van der Waals surface area contributed by atoms with Crippen LogP contribution in [0, 0.1) is 5.82 Å². The highest BCUT2D eigenvalue weighted by atomic mass is 19.1. The fraction of sp³-hybridized carbons (Fsp3) is 0.0625.